The summed E-state index contributed by atoms with van der Waals surface area (Å²) in [6.07, 6.45) is 3.17. The molecule has 1 aliphatic heterocycles. The van der Waals surface area contributed by atoms with Crippen LogP contribution in [-0.2, 0) is 4.79 Å². The van der Waals surface area contributed by atoms with Crippen LogP contribution in [0.1, 0.15) is 37.2 Å². The minimum atomic E-state index is -0.782. The minimum absolute atomic E-state index is 0.0192. The molecule has 2 aliphatic carbocycles. The molecule has 2 saturated carbocycles. The number of carboxylic acids is 1. The molecule has 1 aromatic carbocycles. The molecule has 4 rings (SSSR count). The molecule has 0 aromatic heterocycles. The summed E-state index contributed by atoms with van der Waals surface area (Å²) in [6, 6.07) is 6.37. The Morgan fingerprint density at radius 3 is 2.83 bits per heavy atom. The number of halogens is 1. The number of carbonyl (C=O) groups is 2. The van der Waals surface area contributed by atoms with Crippen molar-refractivity contribution in [3.8, 4) is 0 Å². The Morgan fingerprint density at radius 1 is 1.33 bits per heavy atom. The number of carboxylic acid groups (broad SMARTS) is 1. The van der Waals surface area contributed by atoms with Crippen molar-refractivity contribution < 1.29 is 19.1 Å². The lowest BCUT2D eigenvalue weighted by Crippen LogP contribution is -2.42. The average molecular weight is 332 g/mol. The molecular formula is C18H21FN2O3. The lowest BCUT2D eigenvalue weighted by molar-refractivity contribution is -0.149. The SMILES string of the molecule is O=C(N[C@@H]1C[C@H]1c1ccccc1F)N1C[C@@H]2CCC[C@@]2(C(=O)O)C1. The molecular weight excluding hydrogens is 311 g/mol. The lowest BCUT2D eigenvalue weighted by atomic mass is 9.81. The first kappa shape index (κ1) is 15.4. The first-order chi connectivity index (χ1) is 11.5. The second-order valence-corrected chi connectivity index (χ2v) is 7.35. The number of benzene rings is 1. The summed E-state index contributed by atoms with van der Waals surface area (Å²) in [5.74, 6) is -0.941. The van der Waals surface area contributed by atoms with E-state index in [9.17, 15) is 19.1 Å². The summed E-state index contributed by atoms with van der Waals surface area (Å²) in [4.78, 5) is 25.8. The minimum Gasteiger partial charge on any atom is -0.481 e. The van der Waals surface area contributed by atoms with E-state index in [1.165, 1.54) is 6.07 Å². The molecule has 6 heteroatoms. The van der Waals surface area contributed by atoms with Gasteiger partial charge in [-0.2, -0.15) is 0 Å². The fourth-order valence-corrected chi connectivity index (χ4v) is 4.52. The van der Waals surface area contributed by atoms with Crippen molar-refractivity contribution in [3.05, 3.63) is 35.6 Å². The average Bonchev–Trinajstić information content (AvgIpc) is 3.01. The van der Waals surface area contributed by atoms with E-state index in [4.69, 9.17) is 0 Å². The Kier molecular flexibility index (Phi) is 3.51. The van der Waals surface area contributed by atoms with Gasteiger partial charge in [0.2, 0.25) is 0 Å². The van der Waals surface area contributed by atoms with Crippen molar-refractivity contribution >= 4 is 12.0 Å². The topological polar surface area (TPSA) is 69.6 Å². The first-order valence-electron chi connectivity index (χ1n) is 8.54. The smallest absolute Gasteiger partial charge is 0.317 e. The van der Waals surface area contributed by atoms with Gasteiger partial charge in [-0.05, 0) is 36.8 Å². The van der Waals surface area contributed by atoms with Gasteiger partial charge in [0.15, 0.2) is 0 Å². The standard InChI is InChI=1S/C18H21FN2O3/c19-14-6-2-1-5-12(14)13-8-15(13)20-17(24)21-9-11-4-3-7-18(11,10-21)16(22)23/h1-2,5-6,11,13,15H,3-4,7-10H2,(H,20,24)(H,22,23)/t11-,13-,15+,18+/m0/s1. The number of nitrogens with one attached hydrogen (secondary N) is 1. The van der Waals surface area contributed by atoms with Crippen LogP contribution >= 0.6 is 0 Å². The number of urea groups is 1. The van der Waals surface area contributed by atoms with Crippen molar-refractivity contribution in [2.24, 2.45) is 11.3 Å². The Hall–Kier alpha value is -2.11. The summed E-state index contributed by atoms with van der Waals surface area (Å²) in [5.41, 5.74) is -0.116. The van der Waals surface area contributed by atoms with Crippen LogP contribution in [0.3, 0.4) is 0 Å². The summed E-state index contributed by atoms with van der Waals surface area (Å²) in [7, 11) is 0. The molecule has 0 bridgehead atoms. The van der Waals surface area contributed by atoms with Gasteiger partial charge in [-0.25, -0.2) is 9.18 Å². The van der Waals surface area contributed by atoms with Crippen LogP contribution in [0.15, 0.2) is 24.3 Å². The number of fused-ring (bicyclic) bond motifs is 1. The van der Waals surface area contributed by atoms with E-state index in [0.717, 1.165) is 19.3 Å². The summed E-state index contributed by atoms with van der Waals surface area (Å²) in [5, 5.41) is 12.5. The predicted molar refractivity (Wildman–Crippen MR) is 85.1 cm³/mol. The number of carbonyl (C=O) groups excluding carboxylic acids is 1. The zero-order valence-electron chi connectivity index (χ0n) is 13.4. The van der Waals surface area contributed by atoms with Crippen LogP contribution in [0.2, 0.25) is 0 Å². The fourth-order valence-electron chi connectivity index (χ4n) is 4.52. The highest BCUT2D eigenvalue weighted by molar-refractivity contribution is 5.81. The fraction of sp³-hybridized carbons (Fsp3) is 0.556. The molecule has 1 saturated heterocycles. The predicted octanol–water partition coefficient (Wildman–Crippen LogP) is 2.58. The summed E-state index contributed by atoms with van der Waals surface area (Å²) < 4.78 is 13.8. The Morgan fingerprint density at radius 2 is 2.12 bits per heavy atom. The molecule has 4 atom stereocenters. The van der Waals surface area contributed by atoms with Crippen molar-refractivity contribution in [1.82, 2.24) is 10.2 Å². The summed E-state index contributed by atoms with van der Waals surface area (Å²) >= 11 is 0. The zero-order chi connectivity index (χ0) is 16.9. The third-order valence-corrected chi connectivity index (χ3v) is 5.99. The number of hydrogen-bond donors (Lipinski definition) is 2. The van der Waals surface area contributed by atoms with Gasteiger partial charge in [0.25, 0.3) is 0 Å². The van der Waals surface area contributed by atoms with Crippen LogP contribution in [0.5, 0.6) is 0 Å². The highest BCUT2D eigenvalue weighted by Crippen LogP contribution is 2.49. The van der Waals surface area contributed by atoms with Crippen LogP contribution in [0.4, 0.5) is 9.18 Å². The molecule has 0 spiro atoms. The number of rotatable bonds is 3. The molecule has 2 amide bonds. The number of likely N-dealkylation sites (tertiary alicyclic amines) is 1. The number of aliphatic carboxylic acids is 1. The van der Waals surface area contributed by atoms with Gasteiger partial charge in [0, 0.05) is 25.0 Å². The molecule has 2 N–H and O–H groups in total. The lowest BCUT2D eigenvalue weighted by Gasteiger charge is -2.23. The number of amides is 2. The third kappa shape index (κ3) is 2.36. The monoisotopic (exact) mass is 332 g/mol. The molecule has 1 aromatic rings. The van der Waals surface area contributed by atoms with E-state index in [0.29, 0.717) is 18.5 Å². The van der Waals surface area contributed by atoms with Gasteiger partial charge in [-0.3, -0.25) is 4.79 Å². The first-order valence-corrected chi connectivity index (χ1v) is 8.54. The normalized spacial score (nSPS) is 34.0. The van der Waals surface area contributed by atoms with E-state index in [1.54, 1.807) is 23.1 Å². The van der Waals surface area contributed by atoms with Crippen LogP contribution in [0, 0.1) is 17.2 Å². The molecule has 5 nitrogen and oxygen atoms in total. The highest BCUT2D eigenvalue weighted by Gasteiger charge is 2.56. The quantitative estimate of drug-likeness (QED) is 0.894. The zero-order valence-corrected chi connectivity index (χ0v) is 13.4. The van der Waals surface area contributed by atoms with Gasteiger partial charge in [0.1, 0.15) is 5.82 Å². The van der Waals surface area contributed by atoms with Crippen molar-refractivity contribution in [1.29, 1.82) is 0 Å². The van der Waals surface area contributed by atoms with Crippen LogP contribution in [0.25, 0.3) is 0 Å². The Balaban J connectivity index is 1.39. The maximum atomic E-state index is 13.8. The van der Waals surface area contributed by atoms with Gasteiger partial charge >= 0.3 is 12.0 Å². The molecule has 1 heterocycles. The summed E-state index contributed by atoms with van der Waals surface area (Å²) in [6.45, 7) is 0.797. The second-order valence-electron chi connectivity index (χ2n) is 7.35. The van der Waals surface area contributed by atoms with E-state index < -0.39 is 11.4 Å². The van der Waals surface area contributed by atoms with E-state index in [2.05, 4.69) is 5.32 Å². The maximum Gasteiger partial charge on any atom is 0.317 e. The Bertz CT molecular complexity index is 695. The van der Waals surface area contributed by atoms with Gasteiger partial charge < -0.3 is 15.3 Å². The van der Waals surface area contributed by atoms with Crippen LogP contribution in [-0.4, -0.2) is 41.1 Å². The molecule has 3 fully saturated rings. The van der Waals surface area contributed by atoms with E-state index in [1.807, 2.05) is 0 Å². The van der Waals surface area contributed by atoms with Crippen LogP contribution < -0.4 is 5.32 Å². The largest absolute Gasteiger partial charge is 0.481 e. The number of nitrogens with zero attached hydrogens (tertiary/aromatic N) is 1. The van der Waals surface area contributed by atoms with Crippen molar-refractivity contribution in [3.63, 3.8) is 0 Å². The highest BCUT2D eigenvalue weighted by atomic mass is 19.1. The second kappa shape index (κ2) is 5.46. The van der Waals surface area contributed by atoms with E-state index >= 15 is 0 Å². The van der Waals surface area contributed by atoms with Crippen molar-refractivity contribution in [2.45, 2.75) is 37.6 Å². The van der Waals surface area contributed by atoms with E-state index in [-0.39, 0.29) is 36.3 Å². The van der Waals surface area contributed by atoms with Crippen molar-refractivity contribution in [2.75, 3.05) is 13.1 Å². The molecule has 24 heavy (non-hydrogen) atoms. The van der Waals surface area contributed by atoms with Gasteiger partial charge in [0.05, 0.1) is 5.41 Å². The molecule has 3 aliphatic rings. The number of hydrogen-bond acceptors (Lipinski definition) is 2. The maximum absolute atomic E-state index is 13.8. The third-order valence-electron chi connectivity index (χ3n) is 5.99. The molecule has 128 valence electrons. The van der Waals surface area contributed by atoms with Gasteiger partial charge in [-0.15, -0.1) is 0 Å². The Labute approximate surface area is 139 Å². The van der Waals surface area contributed by atoms with Gasteiger partial charge in [-0.1, -0.05) is 24.6 Å². The molecule has 0 unspecified atom stereocenters. The molecule has 0 radical (unpaired) electrons.